The lowest BCUT2D eigenvalue weighted by Crippen LogP contribution is -2.57. The van der Waals surface area contributed by atoms with Crippen LogP contribution in [-0.2, 0) is 17.8 Å². The lowest BCUT2D eigenvalue weighted by atomic mass is 10.0. The number of piperazine rings is 1. The van der Waals surface area contributed by atoms with Crippen LogP contribution in [0.1, 0.15) is 37.4 Å². The maximum atomic E-state index is 14.0. The Bertz CT molecular complexity index is 1540. The fourth-order valence-corrected chi connectivity index (χ4v) is 6.95. The van der Waals surface area contributed by atoms with Gasteiger partial charge in [0.05, 0.1) is 35.8 Å². The van der Waals surface area contributed by atoms with Gasteiger partial charge in [0.25, 0.3) is 5.91 Å². The number of carbonyl (C=O) groups excluding carboxylic acids is 1. The quantitative estimate of drug-likeness (QED) is 0.386. The molecule has 3 aromatic rings. The first-order valence-electron chi connectivity index (χ1n) is 15.1. The van der Waals surface area contributed by atoms with Crippen molar-refractivity contribution in [1.82, 2.24) is 19.8 Å². The molecular formula is C32H37ClFN7O2. The predicted octanol–water partition coefficient (Wildman–Crippen LogP) is 4.61. The number of aromatic nitrogens is 2. The van der Waals surface area contributed by atoms with Crippen LogP contribution in [0.25, 0.3) is 10.8 Å². The smallest absolute Gasteiger partial charge is 0.318 e. The third-order valence-corrected chi connectivity index (χ3v) is 9.32. The third-order valence-electron chi connectivity index (χ3n) is 9.00. The van der Waals surface area contributed by atoms with Crippen molar-refractivity contribution in [2.75, 3.05) is 56.2 Å². The van der Waals surface area contributed by atoms with Gasteiger partial charge in [-0.2, -0.15) is 15.2 Å². The lowest BCUT2D eigenvalue weighted by molar-refractivity contribution is -0.138. The number of nitrogens with zero attached hydrogens (tertiary/aromatic N) is 7. The maximum absolute atomic E-state index is 14.0. The number of anilines is 2. The molecule has 0 bridgehead atoms. The summed E-state index contributed by atoms with van der Waals surface area (Å²) >= 11 is 6.68. The zero-order valence-corrected chi connectivity index (χ0v) is 25.4. The molecule has 0 saturated carbocycles. The van der Waals surface area contributed by atoms with Crippen LogP contribution in [0.5, 0.6) is 6.01 Å². The lowest BCUT2D eigenvalue weighted by Gasteiger charge is -2.42. The molecule has 11 heteroatoms. The minimum Gasteiger partial charge on any atom is -0.462 e. The monoisotopic (exact) mass is 605 g/mol. The number of hydrogen-bond acceptors (Lipinski definition) is 8. The largest absolute Gasteiger partial charge is 0.462 e. The van der Waals surface area contributed by atoms with Gasteiger partial charge in [0.2, 0.25) is 0 Å². The molecule has 3 aliphatic heterocycles. The van der Waals surface area contributed by atoms with E-state index < -0.39 is 18.1 Å². The molecule has 1 aromatic heterocycles. The number of rotatable bonds is 7. The van der Waals surface area contributed by atoms with E-state index in [1.165, 1.54) is 11.8 Å². The standard InChI is InChI=1S/C32H37ClFN7O2/c1-21(34)31(42)41-17-16-40(18-23(41)11-13-35)30-25-12-15-39(28-10-4-7-22-6-3-9-26(33)29(22)28)19-27(25)36-32(37-30)43-20-24-8-5-14-38(24)2/h3-4,6-7,9-10,21,23-24H,5,8,11-12,14-20H2,1-2H3/t21?,23-,24-/m0/s1. The first-order valence-corrected chi connectivity index (χ1v) is 15.4. The Hall–Kier alpha value is -3.68. The predicted molar refractivity (Wildman–Crippen MR) is 165 cm³/mol. The zero-order chi connectivity index (χ0) is 30.1. The second-order valence-corrected chi connectivity index (χ2v) is 12.1. The van der Waals surface area contributed by atoms with Crippen LogP contribution in [0.3, 0.4) is 0 Å². The summed E-state index contributed by atoms with van der Waals surface area (Å²) in [7, 11) is 2.11. The van der Waals surface area contributed by atoms with Crippen molar-refractivity contribution in [3.05, 3.63) is 52.7 Å². The Morgan fingerprint density at radius 1 is 1.14 bits per heavy atom. The highest BCUT2D eigenvalue weighted by molar-refractivity contribution is 6.36. The third kappa shape index (κ3) is 5.93. The second kappa shape index (κ2) is 12.5. The average molecular weight is 606 g/mol. The van der Waals surface area contributed by atoms with Gasteiger partial charge >= 0.3 is 6.01 Å². The van der Waals surface area contributed by atoms with E-state index in [1.54, 1.807) is 0 Å². The molecule has 1 unspecified atom stereocenters. The molecule has 0 radical (unpaired) electrons. The number of nitriles is 1. The SMILES string of the molecule is CC(F)C(=O)N1CCN(c2nc(OC[C@@H]3CCCN3C)nc3c2CCN(c2cccc4cccc(Cl)c24)C3)C[C@@H]1CC#N. The number of ether oxygens (including phenoxy) is 1. The van der Waals surface area contributed by atoms with E-state index in [9.17, 15) is 14.4 Å². The first kappa shape index (κ1) is 29.4. The molecule has 0 N–H and O–H groups in total. The number of fused-ring (bicyclic) bond motifs is 2. The first-order chi connectivity index (χ1) is 20.8. The molecule has 0 aliphatic carbocycles. The van der Waals surface area contributed by atoms with Crippen LogP contribution in [0.4, 0.5) is 15.9 Å². The number of amides is 1. The molecule has 2 aromatic carbocycles. The van der Waals surface area contributed by atoms with Crippen LogP contribution in [0.2, 0.25) is 5.02 Å². The van der Waals surface area contributed by atoms with Crippen LogP contribution >= 0.6 is 11.6 Å². The fraction of sp³-hybridized carbons (Fsp3) is 0.500. The Labute approximate surface area is 256 Å². The van der Waals surface area contributed by atoms with Crippen LogP contribution < -0.4 is 14.5 Å². The topological polar surface area (TPSA) is 88.8 Å². The minimum atomic E-state index is -1.61. The minimum absolute atomic E-state index is 0.120. The zero-order valence-electron chi connectivity index (χ0n) is 24.7. The average Bonchev–Trinajstić information content (AvgIpc) is 3.43. The summed E-state index contributed by atoms with van der Waals surface area (Å²) in [5.74, 6) is 0.206. The molecule has 3 aliphatic rings. The van der Waals surface area contributed by atoms with Crippen molar-refractivity contribution in [2.24, 2.45) is 0 Å². The summed E-state index contributed by atoms with van der Waals surface area (Å²) < 4.78 is 20.2. The van der Waals surface area contributed by atoms with Gasteiger partial charge in [-0.15, -0.1) is 0 Å². The van der Waals surface area contributed by atoms with Gasteiger partial charge in [0.1, 0.15) is 12.4 Å². The van der Waals surface area contributed by atoms with E-state index in [-0.39, 0.29) is 6.42 Å². The number of carbonyl (C=O) groups is 1. The van der Waals surface area contributed by atoms with E-state index >= 15 is 0 Å². The molecule has 6 rings (SSSR count). The molecule has 3 atom stereocenters. The Balaban J connectivity index is 1.33. The number of alkyl halides is 1. The van der Waals surface area contributed by atoms with Gasteiger partial charge in [0.15, 0.2) is 6.17 Å². The number of likely N-dealkylation sites (tertiary alicyclic amines) is 1. The number of benzene rings is 2. The Kier molecular flexibility index (Phi) is 8.55. The van der Waals surface area contributed by atoms with Gasteiger partial charge in [-0.1, -0.05) is 35.9 Å². The van der Waals surface area contributed by atoms with Crippen molar-refractivity contribution in [1.29, 1.82) is 5.26 Å². The molecule has 1 amide bonds. The summed E-state index contributed by atoms with van der Waals surface area (Å²) in [5.41, 5.74) is 3.00. The van der Waals surface area contributed by atoms with Crippen molar-refractivity contribution in [2.45, 2.75) is 57.4 Å². The van der Waals surface area contributed by atoms with Crippen molar-refractivity contribution < 1.29 is 13.9 Å². The van der Waals surface area contributed by atoms with Crippen molar-refractivity contribution in [3.8, 4) is 12.1 Å². The molecule has 2 fully saturated rings. The van der Waals surface area contributed by atoms with E-state index in [1.807, 2.05) is 12.1 Å². The molecule has 2 saturated heterocycles. The van der Waals surface area contributed by atoms with Gasteiger partial charge < -0.3 is 24.3 Å². The summed E-state index contributed by atoms with van der Waals surface area (Å²) in [6, 6.07) is 14.6. The van der Waals surface area contributed by atoms with E-state index in [2.05, 4.69) is 52.1 Å². The second-order valence-electron chi connectivity index (χ2n) is 11.7. The number of hydrogen-bond donors (Lipinski definition) is 0. The van der Waals surface area contributed by atoms with Gasteiger partial charge in [0, 0.05) is 48.9 Å². The van der Waals surface area contributed by atoms with Crippen LogP contribution in [0, 0.1) is 11.3 Å². The summed E-state index contributed by atoms with van der Waals surface area (Å²) in [6.45, 7) is 5.31. The van der Waals surface area contributed by atoms with E-state index in [4.69, 9.17) is 26.3 Å². The maximum Gasteiger partial charge on any atom is 0.318 e. The summed E-state index contributed by atoms with van der Waals surface area (Å²) in [6.07, 6.45) is 1.44. The Morgan fingerprint density at radius 3 is 2.70 bits per heavy atom. The summed E-state index contributed by atoms with van der Waals surface area (Å²) in [4.78, 5) is 30.7. The fourth-order valence-electron chi connectivity index (χ4n) is 6.67. The Morgan fingerprint density at radius 2 is 1.95 bits per heavy atom. The van der Waals surface area contributed by atoms with E-state index in [0.717, 1.165) is 59.5 Å². The highest BCUT2D eigenvalue weighted by Gasteiger charge is 2.35. The number of halogens is 2. The molecule has 43 heavy (non-hydrogen) atoms. The highest BCUT2D eigenvalue weighted by Crippen LogP contribution is 2.37. The van der Waals surface area contributed by atoms with Crippen molar-refractivity contribution >= 4 is 39.8 Å². The van der Waals surface area contributed by atoms with Gasteiger partial charge in [-0.05, 0) is 57.3 Å². The molecule has 4 heterocycles. The van der Waals surface area contributed by atoms with E-state index in [0.29, 0.717) is 56.3 Å². The van der Waals surface area contributed by atoms with Crippen LogP contribution in [-0.4, -0.2) is 90.3 Å². The van der Waals surface area contributed by atoms with Crippen LogP contribution in [0.15, 0.2) is 36.4 Å². The normalized spacial score (nSPS) is 21.5. The highest BCUT2D eigenvalue weighted by atomic mass is 35.5. The number of likely N-dealkylation sites (N-methyl/N-ethyl adjacent to an activating group) is 1. The van der Waals surface area contributed by atoms with Crippen molar-refractivity contribution in [3.63, 3.8) is 0 Å². The van der Waals surface area contributed by atoms with Gasteiger partial charge in [-0.25, -0.2) is 4.39 Å². The molecule has 9 nitrogen and oxygen atoms in total. The van der Waals surface area contributed by atoms with Gasteiger partial charge in [-0.3, -0.25) is 4.79 Å². The summed E-state index contributed by atoms with van der Waals surface area (Å²) in [5, 5.41) is 12.3. The molecular weight excluding hydrogens is 569 g/mol. The molecule has 0 spiro atoms. The molecule has 226 valence electrons.